The van der Waals surface area contributed by atoms with Crippen LogP contribution in [0.4, 0.5) is 0 Å². The lowest BCUT2D eigenvalue weighted by atomic mass is 9.92. The average Bonchev–Trinajstić information content (AvgIpc) is 3.04. The quantitative estimate of drug-likeness (QED) is 0.403. The molecule has 5 rings (SSSR count). The molecule has 0 radical (unpaired) electrons. The fourth-order valence-corrected chi connectivity index (χ4v) is 7.88. The van der Waals surface area contributed by atoms with Gasteiger partial charge < -0.3 is 20.4 Å². The number of fused-ring (bicyclic) bond motifs is 1. The molecule has 0 bridgehead atoms. The first-order chi connectivity index (χ1) is 22.1. The molecule has 3 aliphatic heterocycles. The van der Waals surface area contributed by atoms with Crippen LogP contribution in [-0.2, 0) is 27.2 Å². The van der Waals surface area contributed by atoms with Crippen molar-refractivity contribution in [3.05, 3.63) is 70.3 Å². The van der Waals surface area contributed by atoms with Gasteiger partial charge in [-0.1, -0.05) is 61.9 Å². The highest BCUT2D eigenvalue weighted by atomic mass is 16.2. The highest BCUT2D eigenvalue weighted by Gasteiger charge is 2.36. The van der Waals surface area contributed by atoms with E-state index in [1.54, 1.807) is 6.92 Å². The maximum absolute atomic E-state index is 14.2. The van der Waals surface area contributed by atoms with Crippen molar-refractivity contribution in [1.29, 1.82) is 0 Å². The van der Waals surface area contributed by atoms with Crippen LogP contribution in [0.5, 0.6) is 0 Å². The van der Waals surface area contributed by atoms with Crippen molar-refractivity contribution in [3.8, 4) is 0 Å². The number of amides is 3. The molecule has 2 N–H and O–H groups in total. The van der Waals surface area contributed by atoms with E-state index in [2.05, 4.69) is 79.6 Å². The molecule has 8 heteroatoms. The number of hydrogen-bond donors (Lipinski definition) is 2. The minimum absolute atomic E-state index is 0.0222. The van der Waals surface area contributed by atoms with E-state index in [4.69, 9.17) is 0 Å². The summed E-state index contributed by atoms with van der Waals surface area (Å²) in [5.41, 5.74) is 5.91. The Balaban J connectivity index is 1.26. The van der Waals surface area contributed by atoms with Crippen LogP contribution in [0, 0.1) is 19.8 Å². The Kier molecular flexibility index (Phi) is 11.5. The van der Waals surface area contributed by atoms with Gasteiger partial charge in [0, 0.05) is 70.6 Å². The first-order valence-corrected chi connectivity index (χ1v) is 17.6. The molecule has 3 amide bonds. The first kappa shape index (κ1) is 34.1. The van der Waals surface area contributed by atoms with Gasteiger partial charge in [0.05, 0.1) is 0 Å². The molecule has 1 unspecified atom stereocenters. The standard InChI is InChI=1S/C38H55N5O3/c1-26(2)25-43(32-13-18-41(19-14-32)29(5)44)33-15-20-42(21-16-33)38(46)36(23-31-11-10-27(3)22-28(31)4)40-37(45)24-35-34-9-7-6-8-30(34)12-17-39-35/h6-11,22,26,32-33,35-36,39H,12-21,23-25H2,1-5H3,(H,40,45)/t35?,36-/m1/s1. The van der Waals surface area contributed by atoms with Crippen molar-refractivity contribution < 1.29 is 14.4 Å². The Labute approximate surface area is 276 Å². The molecule has 3 aliphatic rings. The summed E-state index contributed by atoms with van der Waals surface area (Å²) < 4.78 is 0. The largest absolute Gasteiger partial charge is 0.344 e. The summed E-state index contributed by atoms with van der Waals surface area (Å²) in [5, 5.41) is 6.72. The number of piperidine rings is 2. The first-order valence-electron chi connectivity index (χ1n) is 17.6. The Morgan fingerprint density at radius 3 is 2.22 bits per heavy atom. The van der Waals surface area contributed by atoms with Crippen molar-refractivity contribution in [2.75, 3.05) is 39.3 Å². The Morgan fingerprint density at radius 2 is 1.59 bits per heavy atom. The molecule has 2 aromatic carbocycles. The highest BCUT2D eigenvalue weighted by Crippen LogP contribution is 2.28. The summed E-state index contributed by atoms with van der Waals surface area (Å²) in [5.74, 6) is 0.651. The number of carbonyl (C=O) groups is 3. The fraction of sp³-hybridized carbons (Fsp3) is 0.605. The predicted octanol–water partition coefficient (Wildman–Crippen LogP) is 4.57. The van der Waals surface area contributed by atoms with Crippen molar-refractivity contribution in [3.63, 3.8) is 0 Å². The van der Waals surface area contributed by atoms with Crippen LogP contribution < -0.4 is 10.6 Å². The van der Waals surface area contributed by atoms with Crippen molar-refractivity contribution in [2.45, 2.75) is 104 Å². The molecule has 0 aliphatic carbocycles. The summed E-state index contributed by atoms with van der Waals surface area (Å²) in [6, 6.07) is 14.9. The van der Waals surface area contributed by atoms with Crippen molar-refractivity contribution in [1.82, 2.24) is 25.3 Å². The van der Waals surface area contributed by atoms with E-state index in [9.17, 15) is 14.4 Å². The van der Waals surface area contributed by atoms with Crippen molar-refractivity contribution >= 4 is 17.7 Å². The lowest BCUT2D eigenvalue weighted by Gasteiger charge is -2.46. The number of likely N-dealkylation sites (tertiary alicyclic amines) is 2. The Bertz CT molecular complexity index is 1360. The lowest BCUT2D eigenvalue weighted by molar-refractivity contribution is -0.138. The van der Waals surface area contributed by atoms with Gasteiger partial charge in [0.25, 0.3) is 0 Å². The second-order valence-corrected chi connectivity index (χ2v) is 14.3. The van der Waals surface area contributed by atoms with Crippen molar-refractivity contribution in [2.24, 2.45) is 5.92 Å². The van der Waals surface area contributed by atoms with Crippen LogP contribution in [0.1, 0.15) is 86.7 Å². The van der Waals surface area contributed by atoms with Crippen LogP contribution in [-0.4, -0.2) is 89.8 Å². The third-order valence-electron chi connectivity index (χ3n) is 10.4. The van der Waals surface area contributed by atoms with E-state index in [1.165, 1.54) is 16.7 Å². The van der Waals surface area contributed by atoms with Crippen LogP contribution in [0.25, 0.3) is 0 Å². The lowest BCUT2D eigenvalue weighted by Crippen LogP contribution is -2.56. The smallest absolute Gasteiger partial charge is 0.245 e. The van der Waals surface area contributed by atoms with E-state index in [0.717, 1.165) is 69.4 Å². The van der Waals surface area contributed by atoms with Gasteiger partial charge in [-0.2, -0.15) is 0 Å². The Morgan fingerprint density at radius 1 is 0.935 bits per heavy atom. The minimum Gasteiger partial charge on any atom is -0.344 e. The number of rotatable bonds is 10. The molecular weight excluding hydrogens is 574 g/mol. The third-order valence-corrected chi connectivity index (χ3v) is 10.4. The molecule has 2 aromatic rings. The van der Waals surface area contributed by atoms with Crippen LogP contribution in [0.15, 0.2) is 42.5 Å². The molecule has 2 atom stereocenters. The maximum atomic E-state index is 14.2. The zero-order valence-electron chi connectivity index (χ0n) is 28.7. The predicted molar refractivity (Wildman–Crippen MR) is 183 cm³/mol. The maximum Gasteiger partial charge on any atom is 0.245 e. The van der Waals surface area contributed by atoms with Gasteiger partial charge in [0.15, 0.2) is 0 Å². The second-order valence-electron chi connectivity index (χ2n) is 14.3. The second kappa shape index (κ2) is 15.6. The topological polar surface area (TPSA) is 85.0 Å². The van der Waals surface area contributed by atoms with E-state index in [-0.39, 0.29) is 23.8 Å². The summed E-state index contributed by atoms with van der Waals surface area (Å²) in [4.78, 5) is 46.4. The zero-order valence-corrected chi connectivity index (χ0v) is 28.7. The van der Waals surface area contributed by atoms with Gasteiger partial charge in [0.1, 0.15) is 6.04 Å². The molecule has 2 saturated heterocycles. The fourth-order valence-electron chi connectivity index (χ4n) is 7.88. The van der Waals surface area contributed by atoms with E-state index in [1.807, 2.05) is 15.9 Å². The number of hydrogen-bond acceptors (Lipinski definition) is 5. The number of aryl methyl sites for hydroxylation is 2. The van der Waals surface area contributed by atoms with E-state index < -0.39 is 6.04 Å². The van der Waals surface area contributed by atoms with Gasteiger partial charge in [0.2, 0.25) is 17.7 Å². The van der Waals surface area contributed by atoms with Gasteiger partial charge in [-0.3, -0.25) is 19.3 Å². The molecule has 0 aromatic heterocycles. The molecule has 2 fully saturated rings. The van der Waals surface area contributed by atoms with Gasteiger partial charge in [-0.25, -0.2) is 0 Å². The number of nitrogens with one attached hydrogen (secondary N) is 2. The van der Waals surface area contributed by atoms with Gasteiger partial charge in [-0.05, 0) is 80.7 Å². The van der Waals surface area contributed by atoms with Crippen LogP contribution >= 0.6 is 0 Å². The number of benzene rings is 2. The summed E-state index contributed by atoms with van der Waals surface area (Å²) in [7, 11) is 0. The van der Waals surface area contributed by atoms with E-state index in [0.29, 0.717) is 43.9 Å². The molecule has 46 heavy (non-hydrogen) atoms. The number of carbonyl (C=O) groups excluding carboxylic acids is 3. The average molecular weight is 630 g/mol. The molecule has 0 spiro atoms. The van der Waals surface area contributed by atoms with Gasteiger partial charge >= 0.3 is 0 Å². The normalized spacial score (nSPS) is 20.1. The van der Waals surface area contributed by atoms with Crippen LogP contribution in [0.3, 0.4) is 0 Å². The summed E-state index contributed by atoms with van der Waals surface area (Å²) in [6.45, 7) is 15.3. The zero-order chi connectivity index (χ0) is 32.8. The Hall–Kier alpha value is -3.23. The highest BCUT2D eigenvalue weighted by molar-refractivity contribution is 5.88. The van der Waals surface area contributed by atoms with Crippen LogP contribution in [0.2, 0.25) is 0 Å². The van der Waals surface area contributed by atoms with Gasteiger partial charge in [-0.15, -0.1) is 0 Å². The third kappa shape index (κ3) is 8.56. The molecule has 250 valence electrons. The molecule has 0 saturated carbocycles. The molecular formula is C38H55N5O3. The monoisotopic (exact) mass is 629 g/mol. The number of nitrogens with zero attached hydrogens (tertiary/aromatic N) is 3. The minimum atomic E-state index is -0.605. The van der Waals surface area contributed by atoms with E-state index >= 15 is 0 Å². The summed E-state index contributed by atoms with van der Waals surface area (Å²) in [6.07, 6.45) is 5.63. The SMILES string of the molecule is CC(=O)N1CCC(N(CC(C)C)C2CCN(C(=O)[C@@H](Cc3ccc(C)cc3C)NC(=O)CC3NCCc4ccccc43)CC2)CC1. The summed E-state index contributed by atoms with van der Waals surface area (Å²) >= 11 is 0. The molecule has 3 heterocycles. The molecule has 8 nitrogen and oxygen atoms in total.